The molecule has 3 aromatic rings. The molecule has 25 heavy (non-hydrogen) atoms. The van der Waals surface area contributed by atoms with Gasteiger partial charge in [-0.15, -0.1) is 0 Å². The maximum absolute atomic E-state index is 10.7. The van der Waals surface area contributed by atoms with Crippen LogP contribution in [-0.2, 0) is 19.5 Å². The average molecular weight is 337 g/mol. The quantitative estimate of drug-likeness (QED) is 0.792. The van der Waals surface area contributed by atoms with Crippen molar-refractivity contribution in [1.29, 1.82) is 0 Å². The number of aryl methyl sites for hydroxylation is 1. The van der Waals surface area contributed by atoms with Crippen LogP contribution >= 0.6 is 0 Å². The third-order valence-electron chi connectivity index (χ3n) is 5.05. The van der Waals surface area contributed by atoms with Crippen molar-refractivity contribution in [2.45, 2.75) is 40.0 Å². The van der Waals surface area contributed by atoms with Crippen LogP contribution < -0.4 is 0 Å². The standard InChI is InChI=1S/C20H23N3O.CH4/c1-14-3-4-18-16(11-14)17-12-22(2)10-7-19(17)23(18)13-20(24)15-5-8-21-9-6-15;/h3-6,8-9,11,20,24H,7,10,12-13H2,1-2H3;1H4. The molecule has 1 aromatic carbocycles. The van der Waals surface area contributed by atoms with Crippen molar-refractivity contribution in [3.8, 4) is 0 Å². The number of hydrogen-bond acceptors (Lipinski definition) is 3. The Morgan fingerprint density at radius 2 is 1.96 bits per heavy atom. The van der Waals surface area contributed by atoms with Crippen LogP contribution in [0.5, 0.6) is 0 Å². The van der Waals surface area contributed by atoms with Gasteiger partial charge >= 0.3 is 0 Å². The maximum atomic E-state index is 10.7. The highest BCUT2D eigenvalue weighted by molar-refractivity contribution is 5.86. The molecule has 0 radical (unpaired) electrons. The third-order valence-corrected chi connectivity index (χ3v) is 5.05. The molecule has 0 amide bonds. The van der Waals surface area contributed by atoms with E-state index in [-0.39, 0.29) is 7.43 Å². The predicted octanol–water partition coefficient (Wildman–Crippen LogP) is 3.70. The predicted molar refractivity (Wildman–Crippen MR) is 103 cm³/mol. The minimum absolute atomic E-state index is 0. The summed E-state index contributed by atoms with van der Waals surface area (Å²) in [4.78, 5) is 6.41. The van der Waals surface area contributed by atoms with Gasteiger partial charge in [-0.05, 0) is 49.4 Å². The number of aliphatic hydroxyl groups excluding tert-OH is 1. The minimum atomic E-state index is -0.520. The van der Waals surface area contributed by atoms with Crippen LogP contribution in [0, 0.1) is 6.92 Å². The molecule has 0 aliphatic carbocycles. The summed E-state index contributed by atoms with van der Waals surface area (Å²) in [6.45, 7) is 4.77. The van der Waals surface area contributed by atoms with Gasteiger partial charge in [0, 0.05) is 48.5 Å². The summed E-state index contributed by atoms with van der Waals surface area (Å²) in [5.41, 5.74) is 6.23. The first kappa shape index (κ1) is 17.6. The zero-order valence-electron chi connectivity index (χ0n) is 14.2. The molecular weight excluding hydrogens is 310 g/mol. The van der Waals surface area contributed by atoms with Gasteiger partial charge in [-0.25, -0.2) is 0 Å². The van der Waals surface area contributed by atoms with Crippen LogP contribution in [0.15, 0.2) is 42.7 Å². The summed E-state index contributed by atoms with van der Waals surface area (Å²) in [6, 6.07) is 10.4. The first-order chi connectivity index (χ1) is 11.6. The Bertz CT molecular complexity index is 870. The van der Waals surface area contributed by atoms with Crippen molar-refractivity contribution < 1.29 is 5.11 Å². The molecule has 4 rings (SSSR count). The van der Waals surface area contributed by atoms with E-state index in [4.69, 9.17) is 0 Å². The zero-order valence-corrected chi connectivity index (χ0v) is 14.2. The summed E-state index contributed by atoms with van der Waals surface area (Å²) in [6.07, 6.45) is 3.98. The van der Waals surface area contributed by atoms with E-state index in [0.717, 1.165) is 25.1 Å². The van der Waals surface area contributed by atoms with Crippen LogP contribution in [0.1, 0.15) is 35.9 Å². The monoisotopic (exact) mass is 337 g/mol. The van der Waals surface area contributed by atoms with Gasteiger partial charge in [0.05, 0.1) is 12.6 Å². The van der Waals surface area contributed by atoms with Crippen molar-refractivity contribution in [2.24, 2.45) is 0 Å². The number of pyridine rings is 1. The number of hydrogen-bond donors (Lipinski definition) is 1. The van der Waals surface area contributed by atoms with E-state index in [1.54, 1.807) is 12.4 Å². The van der Waals surface area contributed by atoms with Gasteiger partial charge in [-0.1, -0.05) is 19.1 Å². The number of aromatic nitrogens is 2. The van der Waals surface area contributed by atoms with Crippen LogP contribution in [0.4, 0.5) is 0 Å². The van der Waals surface area contributed by atoms with Crippen LogP contribution in [-0.4, -0.2) is 33.1 Å². The van der Waals surface area contributed by atoms with Crippen molar-refractivity contribution >= 4 is 10.9 Å². The van der Waals surface area contributed by atoms with Gasteiger partial charge in [0.25, 0.3) is 0 Å². The molecule has 4 heteroatoms. The van der Waals surface area contributed by atoms with Gasteiger partial charge in [-0.3, -0.25) is 4.98 Å². The molecule has 0 bridgehead atoms. The highest BCUT2D eigenvalue weighted by Crippen LogP contribution is 2.32. The third kappa shape index (κ3) is 3.20. The second kappa shape index (κ2) is 6.98. The molecule has 1 aliphatic heterocycles. The minimum Gasteiger partial charge on any atom is -0.387 e. The topological polar surface area (TPSA) is 41.3 Å². The zero-order chi connectivity index (χ0) is 16.7. The lowest BCUT2D eigenvalue weighted by molar-refractivity contribution is 0.156. The molecule has 1 atom stereocenters. The molecule has 132 valence electrons. The SMILES string of the molecule is C.Cc1ccc2c(c1)c1c(n2CC(O)c2ccncc2)CCN(C)C1. The van der Waals surface area contributed by atoms with Gasteiger partial charge in [0.2, 0.25) is 0 Å². The Morgan fingerprint density at radius 1 is 1.20 bits per heavy atom. The Morgan fingerprint density at radius 3 is 2.72 bits per heavy atom. The number of nitrogens with zero attached hydrogens (tertiary/aromatic N) is 3. The molecule has 1 unspecified atom stereocenters. The largest absolute Gasteiger partial charge is 0.387 e. The summed E-state index contributed by atoms with van der Waals surface area (Å²) >= 11 is 0. The van der Waals surface area contributed by atoms with E-state index in [2.05, 4.69) is 46.6 Å². The lowest BCUT2D eigenvalue weighted by atomic mass is 10.0. The molecule has 1 N–H and O–H groups in total. The van der Waals surface area contributed by atoms with Crippen molar-refractivity contribution in [1.82, 2.24) is 14.5 Å². The first-order valence-electron chi connectivity index (χ1n) is 8.50. The summed E-state index contributed by atoms with van der Waals surface area (Å²) in [5.74, 6) is 0. The van der Waals surface area contributed by atoms with Crippen LogP contribution in [0.2, 0.25) is 0 Å². The molecule has 0 saturated heterocycles. The summed E-state index contributed by atoms with van der Waals surface area (Å²) < 4.78 is 2.32. The lowest BCUT2D eigenvalue weighted by Crippen LogP contribution is -2.27. The van der Waals surface area contributed by atoms with Crippen LogP contribution in [0.3, 0.4) is 0 Å². The number of fused-ring (bicyclic) bond motifs is 3. The lowest BCUT2D eigenvalue weighted by Gasteiger charge is -2.25. The molecule has 2 aromatic heterocycles. The van der Waals surface area contributed by atoms with E-state index < -0.39 is 6.10 Å². The van der Waals surface area contributed by atoms with Crippen molar-refractivity contribution in [3.05, 3.63) is 65.1 Å². The van der Waals surface area contributed by atoms with Gasteiger partial charge in [0.15, 0.2) is 0 Å². The van der Waals surface area contributed by atoms with E-state index in [1.807, 2.05) is 12.1 Å². The fourth-order valence-electron chi connectivity index (χ4n) is 3.77. The molecule has 0 fully saturated rings. The van der Waals surface area contributed by atoms with Gasteiger partial charge in [0.1, 0.15) is 0 Å². The molecular formula is C21H27N3O. The van der Waals surface area contributed by atoms with Crippen LogP contribution in [0.25, 0.3) is 10.9 Å². The fraction of sp³-hybridized carbons (Fsp3) is 0.381. The normalized spacial score (nSPS) is 15.6. The van der Waals surface area contributed by atoms with Crippen molar-refractivity contribution in [3.63, 3.8) is 0 Å². The Kier molecular flexibility index (Phi) is 4.93. The van der Waals surface area contributed by atoms with E-state index in [0.29, 0.717) is 6.54 Å². The molecule has 3 heterocycles. The summed E-state index contributed by atoms with van der Waals surface area (Å²) in [7, 11) is 2.17. The Hall–Kier alpha value is -2.17. The smallest absolute Gasteiger partial charge is 0.0970 e. The summed E-state index contributed by atoms with van der Waals surface area (Å²) in [5, 5.41) is 12.0. The number of rotatable bonds is 3. The molecule has 4 nitrogen and oxygen atoms in total. The van der Waals surface area contributed by atoms with E-state index in [9.17, 15) is 5.11 Å². The van der Waals surface area contributed by atoms with E-state index >= 15 is 0 Å². The van der Waals surface area contributed by atoms with Gasteiger partial charge < -0.3 is 14.6 Å². The molecule has 0 saturated carbocycles. The highest BCUT2D eigenvalue weighted by Gasteiger charge is 2.23. The number of aliphatic hydroxyl groups is 1. The first-order valence-corrected chi connectivity index (χ1v) is 8.50. The van der Waals surface area contributed by atoms with Crippen molar-refractivity contribution in [2.75, 3.05) is 13.6 Å². The number of benzene rings is 1. The fourth-order valence-corrected chi connectivity index (χ4v) is 3.77. The average Bonchev–Trinajstić information content (AvgIpc) is 2.88. The Balaban J connectivity index is 0.00000182. The second-order valence-electron chi connectivity index (χ2n) is 6.84. The number of likely N-dealkylation sites (N-methyl/N-ethyl adjacent to an activating group) is 1. The Labute approximate surface area is 149 Å². The van der Waals surface area contributed by atoms with Gasteiger partial charge in [-0.2, -0.15) is 0 Å². The van der Waals surface area contributed by atoms with E-state index in [1.165, 1.54) is 27.7 Å². The molecule has 1 aliphatic rings. The maximum Gasteiger partial charge on any atom is 0.0970 e. The molecule has 0 spiro atoms. The second-order valence-corrected chi connectivity index (χ2v) is 6.84. The highest BCUT2D eigenvalue weighted by atomic mass is 16.3.